The summed E-state index contributed by atoms with van der Waals surface area (Å²) in [6, 6.07) is 14.1. The molecule has 2 aromatic rings. The highest BCUT2D eigenvalue weighted by atomic mass is 16.5. The predicted molar refractivity (Wildman–Crippen MR) is 110 cm³/mol. The second-order valence-electron chi connectivity index (χ2n) is 6.50. The zero-order valence-electron chi connectivity index (χ0n) is 16.9. The normalized spacial score (nSPS) is 10.3. The lowest BCUT2D eigenvalue weighted by atomic mass is 10.0. The van der Waals surface area contributed by atoms with Crippen LogP contribution >= 0.6 is 0 Å². The average Bonchev–Trinajstić information content (AvgIpc) is 2.75. The summed E-state index contributed by atoms with van der Waals surface area (Å²) >= 11 is 0. The van der Waals surface area contributed by atoms with Crippen LogP contribution in [0.3, 0.4) is 0 Å². The molecule has 0 radical (unpaired) electrons. The van der Waals surface area contributed by atoms with Gasteiger partial charge in [-0.3, -0.25) is 14.4 Å². The van der Waals surface area contributed by atoms with E-state index < -0.39 is 11.9 Å². The molecule has 0 bridgehead atoms. The van der Waals surface area contributed by atoms with Crippen molar-refractivity contribution in [1.82, 2.24) is 5.32 Å². The molecule has 154 valence electrons. The van der Waals surface area contributed by atoms with Crippen LogP contribution in [0.4, 0.5) is 0 Å². The number of carbonyl (C=O) groups excluding carboxylic acids is 3. The maximum absolute atomic E-state index is 12.2. The number of amides is 1. The Labute approximate surface area is 171 Å². The summed E-state index contributed by atoms with van der Waals surface area (Å²) in [4.78, 5) is 36.3. The molecule has 0 spiro atoms. The Morgan fingerprint density at radius 2 is 1.69 bits per heavy atom. The number of hydrogen-bond acceptors (Lipinski definition) is 5. The van der Waals surface area contributed by atoms with Gasteiger partial charge in [-0.15, -0.1) is 0 Å². The van der Waals surface area contributed by atoms with Crippen molar-refractivity contribution in [3.63, 3.8) is 0 Å². The number of ether oxygens (including phenoxy) is 2. The first-order chi connectivity index (χ1) is 14.0. The molecule has 0 aromatic heterocycles. The van der Waals surface area contributed by atoms with Crippen LogP contribution < -0.4 is 10.1 Å². The van der Waals surface area contributed by atoms with Crippen molar-refractivity contribution < 1.29 is 23.9 Å². The SMILES string of the molecule is CCCCc1ccc(C(=O)COC(=O)CNC(=O)c2ccccc2OCC)cc1. The highest BCUT2D eigenvalue weighted by molar-refractivity contribution is 5.99. The maximum atomic E-state index is 12.2. The first kappa shape index (κ1) is 22.1. The summed E-state index contributed by atoms with van der Waals surface area (Å²) in [6.07, 6.45) is 3.20. The molecule has 0 aliphatic rings. The number of Topliss-reactive ketones (excluding diaryl/α,β-unsaturated/α-hetero) is 1. The fourth-order valence-corrected chi connectivity index (χ4v) is 2.70. The Kier molecular flexibility index (Phi) is 8.89. The van der Waals surface area contributed by atoms with Crippen LogP contribution in [0.2, 0.25) is 0 Å². The smallest absolute Gasteiger partial charge is 0.325 e. The van der Waals surface area contributed by atoms with E-state index >= 15 is 0 Å². The second-order valence-corrected chi connectivity index (χ2v) is 6.50. The largest absolute Gasteiger partial charge is 0.493 e. The van der Waals surface area contributed by atoms with Gasteiger partial charge in [-0.05, 0) is 37.5 Å². The first-order valence-corrected chi connectivity index (χ1v) is 9.83. The van der Waals surface area contributed by atoms with Crippen molar-refractivity contribution in [3.8, 4) is 5.75 Å². The van der Waals surface area contributed by atoms with Gasteiger partial charge in [-0.25, -0.2) is 0 Å². The van der Waals surface area contributed by atoms with Gasteiger partial charge < -0.3 is 14.8 Å². The third-order valence-corrected chi connectivity index (χ3v) is 4.28. The summed E-state index contributed by atoms with van der Waals surface area (Å²) in [5.41, 5.74) is 2.00. The van der Waals surface area contributed by atoms with Crippen molar-refractivity contribution in [2.24, 2.45) is 0 Å². The van der Waals surface area contributed by atoms with Gasteiger partial charge in [0.2, 0.25) is 0 Å². The van der Waals surface area contributed by atoms with E-state index in [1.807, 2.05) is 19.1 Å². The van der Waals surface area contributed by atoms with Crippen LogP contribution in [-0.4, -0.2) is 37.4 Å². The molecule has 2 aromatic carbocycles. The average molecular weight is 397 g/mol. The molecule has 6 nitrogen and oxygen atoms in total. The van der Waals surface area contributed by atoms with E-state index in [9.17, 15) is 14.4 Å². The third kappa shape index (κ3) is 7.07. The van der Waals surface area contributed by atoms with E-state index in [4.69, 9.17) is 9.47 Å². The van der Waals surface area contributed by atoms with Gasteiger partial charge >= 0.3 is 5.97 Å². The second kappa shape index (κ2) is 11.6. The fraction of sp³-hybridized carbons (Fsp3) is 0.348. The first-order valence-electron chi connectivity index (χ1n) is 9.83. The van der Waals surface area contributed by atoms with Crippen LogP contribution in [0.25, 0.3) is 0 Å². The predicted octanol–water partition coefficient (Wildman–Crippen LogP) is 3.58. The lowest BCUT2D eigenvalue weighted by Crippen LogP contribution is -2.31. The van der Waals surface area contributed by atoms with E-state index in [0.29, 0.717) is 23.5 Å². The molecule has 6 heteroatoms. The molecule has 0 unspecified atom stereocenters. The van der Waals surface area contributed by atoms with Crippen LogP contribution in [0.15, 0.2) is 48.5 Å². The molecular formula is C23H27NO5. The monoisotopic (exact) mass is 397 g/mol. The van der Waals surface area contributed by atoms with Crippen LogP contribution in [0.5, 0.6) is 5.75 Å². The number of rotatable bonds is 11. The standard InChI is InChI=1S/C23H27NO5/c1-3-5-8-17-11-13-18(14-12-17)20(25)16-29-22(26)15-24-23(27)19-9-6-7-10-21(19)28-4-2/h6-7,9-14H,3-5,8,15-16H2,1-2H3,(H,24,27). The number of esters is 1. The van der Waals surface area contributed by atoms with Gasteiger partial charge in [-0.1, -0.05) is 49.7 Å². The molecule has 0 saturated carbocycles. The van der Waals surface area contributed by atoms with Gasteiger partial charge in [0.25, 0.3) is 5.91 Å². The number of para-hydroxylation sites is 1. The lowest BCUT2D eigenvalue weighted by molar-refractivity contribution is -0.141. The zero-order valence-corrected chi connectivity index (χ0v) is 16.9. The van der Waals surface area contributed by atoms with E-state index in [-0.39, 0.29) is 18.9 Å². The quantitative estimate of drug-likeness (QED) is 0.463. The molecule has 0 aliphatic carbocycles. The molecule has 0 atom stereocenters. The minimum absolute atomic E-state index is 0.284. The lowest BCUT2D eigenvalue weighted by Gasteiger charge is -2.10. The molecule has 29 heavy (non-hydrogen) atoms. The van der Waals surface area contributed by atoms with Crippen LogP contribution in [0.1, 0.15) is 53.0 Å². The number of nitrogens with one attached hydrogen (secondary N) is 1. The molecule has 0 saturated heterocycles. The van der Waals surface area contributed by atoms with Crippen LogP contribution in [0, 0.1) is 0 Å². The molecular weight excluding hydrogens is 370 g/mol. The Bertz CT molecular complexity index is 829. The summed E-state index contributed by atoms with van der Waals surface area (Å²) in [5.74, 6) is -0.966. The number of carbonyl (C=O) groups is 3. The van der Waals surface area contributed by atoms with Gasteiger partial charge in [0.1, 0.15) is 12.3 Å². The Morgan fingerprint density at radius 1 is 0.966 bits per heavy atom. The Balaban J connectivity index is 1.79. The van der Waals surface area contributed by atoms with E-state index in [2.05, 4.69) is 12.2 Å². The minimum Gasteiger partial charge on any atom is -0.493 e. The fourth-order valence-electron chi connectivity index (χ4n) is 2.70. The van der Waals surface area contributed by atoms with E-state index in [1.165, 1.54) is 5.56 Å². The summed E-state index contributed by atoms with van der Waals surface area (Å²) in [7, 11) is 0. The van der Waals surface area contributed by atoms with Crippen molar-refractivity contribution in [3.05, 3.63) is 65.2 Å². The molecule has 1 amide bonds. The summed E-state index contributed by atoms with van der Waals surface area (Å²) in [6.45, 7) is 3.68. The Morgan fingerprint density at radius 3 is 2.38 bits per heavy atom. The van der Waals surface area contributed by atoms with Crippen molar-refractivity contribution in [1.29, 1.82) is 0 Å². The highest BCUT2D eigenvalue weighted by Gasteiger charge is 2.15. The van der Waals surface area contributed by atoms with E-state index in [1.54, 1.807) is 36.4 Å². The molecule has 1 N–H and O–H groups in total. The molecule has 2 rings (SSSR count). The summed E-state index contributed by atoms with van der Waals surface area (Å²) in [5, 5.41) is 2.48. The number of benzene rings is 2. The van der Waals surface area contributed by atoms with Gasteiger partial charge in [0.15, 0.2) is 12.4 Å². The van der Waals surface area contributed by atoms with Crippen molar-refractivity contribution in [2.75, 3.05) is 19.8 Å². The zero-order chi connectivity index (χ0) is 21.1. The highest BCUT2D eigenvalue weighted by Crippen LogP contribution is 2.17. The number of hydrogen-bond donors (Lipinski definition) is 1. The number of unbranched alkanes of at least 4 members (excludes halogenated alkanes) is 1. The minimum atomic E-state index is -0.680. The van der Waals surface area contributed by atoms with Crippen molar-refractivity contribution in [2.45, 2.75) is 33.1 Å². The van der Waals surface area contributed by atoms with E-state index in [0.717, 1.165) is 19.3 Å². The Hall–Kier alpha value is -3.15. The van der Waals surface area contributed by atoms with Gasteiger partial charge in [0, 0.05) is 5.56 Å². The van der Waals surface area contributed by atoms with Gasteiger partial charge in [-0.2, -0.15) is 0 Å². The molecule has 0 aliphatic heterocycles. The summed E-state index contributed by atoms with van der Waals surface area (Å²) < 4.78 is 10.4. The van der Waals surface area contributed by atoms with Gasteiger partial charge in [0.05, 0.1) is 12.2 Å². The number of aryl methyl sites for hydroxylation is 1. The van der Waals surface area contributed by atoms with Crippen LogP contribution in [-0.2, 0) is 16.0 Å². The third-order valence-electron chi connectivity index (χ3n) is 4.28. The maximum Gasteiger partial charge on any atom is 0.325 e. The topological polar surface area (TPSA) is 81.7 Å². The molecule has 0 heterocycles. The molecule has 0 fully saturated rings. The number of ketones is 1. The van der Waals surface area contributed by atoms with Crippen molar-refractivity contribution >= 4 is 17.7 Å².